The lowest BCUT2D eigenvalue weighted by atomic mass is 10.1. The van der Waals surface area contributed by atoms with Crippen molar-refractivity contribution < 1.29 is 23.2 Å². The molecule has 0 aliphatic rings. The molecular weight excluding hydrogens is 436 g/mol. The first-order valence-electron chi connectivity index (χ1n) is 9.75. The molecule has 0 aliphatic heterocycles. The molecule has 4 N–H and O–H groups in total. The number of aromatic nitrogens is 5. The van der Waals surface area contributed by atoms with E-state index in [1.807, 2.05) is 0 Å². The molecule has 0 radical (unpaired) electrons. The zero-order chi connectivity index (χ0) is 23.6. The summed E-state index contributed by atoms with van der Waals surface area (Å²) in [5.74, 6) is -2.38. The van der Waals surface area contributed by atoms with Crippen LogP contribution in [-0.2, 0) is 11.3 Å². The Labute approximate surface area is 186 Å². The summed E-state index contributed by atoms with van der Waals surface area (Å²) in [6.45, 7) is 0.904. The maximum Gasteiger partial charge on any atom is 0.250 e. The molecule has 0 saturated heterocycles. The molecule has 3 aromatic heterocycles. The van der Waals surface area contributed by atoms with Crippen molar-refractivity contribution in [3.05, 3.63) is 66.1 Å². The topological polar surface area (TPSA) is 145 Å². The van der Waals surface area contributed by atoms with E-state index < -0.39 is 23.1 Å². The summed E-state index contributed by atoms with van der Waals surface area (Å²) in [7, 11) is 0. The van der Waals surface area contributed by atoms with E-state index in [0.717, 1.165) is 6.20 Å². The van der Waals surface area contributed by atoms with Crippen molar-refractivity contribution in [2.75, 3.05) is 11.9 Å². The van der Waals surface area contributed by atoms with Gasteiger partial charge in [-0.1, -0.05) is 23.4 Å². The van der Waals surface area contributed by atoms with E-state index in [1.165, 1.54) is 23.9 Å². The van der Waals surface area contributed by atoms with Gasteiger partial charge in [-0.3, -0.25) is 9.48 Å². The molecule has 1 amide bonds. The number of amides is 1. The lowest BCUT2D eigenvalue weighted by Crippen LogP contribution is -2.46. The van der Waals surface area contributed by atoms with Gasteiger partial charge in [-0.2, -0.15) is 5.10 Å². The monoisotopic (exact) mass is 455 g/mol. The normalized spacial score (nSPS) is 13.0. The zero-order valence-corrected chi connectivity index (χ0v) is 17.4. The quantitative estimate of drug-likeness (QED) is 0.366. The largest absolute Gasteiger partial charge is 0.378 e. The van der Waals surface area contributed by atoms with Gasteiger partial charge in [0.05, 0.1) is 25.0 Å². The number of rotatable bonds is 8. The molecule has 0 spiro atoms. The van der Waals surface area contributed by atoms with Crippen LogP contribution in [0.4, 0.5) is 14.6 Å². The van der Waals surface area contributed by atoms with E-state index in [1.54, 1.807) is 30.3 Å². The van der Waals surface area contributed by atoms with Crippen molar-refractivity contribution in [3.8, 4) is 22.9 Å². The van der Waals surface area contributed by atoms with Crippen molar-refractivity contribution in [1.82, 2.24) is 24.9 Å². The molecule has 1 unspecified atom stereocenters. The molecule has 3 heterocycles. The third-order valence-corrected chi connectivity index (χ3v) is 4.86. The highest BCUT2D eigenvalue weighted by Gasteiger charge is 2.28. The molecule has 33 heavy (non-hydrogen) atoms. The number of hydrogen-bond acceptors (Lipinski definition) is 8. The summed E-state index contributed by atoms with van der Waals surface area (Å²) in [4.78, 5) is 19.4. The van der Waals surface area contributed by atoms with Crippen molar-refractivity contribution in [2.24, 2.45) is 5.73 Å². The number of carbonyl (C=O) groups excluding carboxylic acids is 1. The average Bonchev–Trinajstić information content (AvgIpc) is 3.45. The molecule has 10 nitrogen and oxygen atoms in total. The standard InChI is InChI=1S/C21H19F2N7O3/c1-21(32,20(24)31)11-26-18-14(23)9-25-19(27-18)16-8-17(15-6-7-33-29-15)30(28-16)10-12-4-2-3-5-13(12)22/h2-9,32H,10-11H2,1H3,(H2,24,31)(H,25,26,27). The van der Waals surface area contributed by atoms with Gasteiger partial charge in [0.15, 0.2) is 23.1 Å². The Bertz CT molecular complexity index is 1290. The summed E-state index contributed by atoms with van der Waals surface area (Å²) in [6, 6.07) is 9.49. The number of nitrogens with one attached hydrogen (secondary N) is 1. The van der Waals surface area contributed by atoms with Crippen LogP contribution in [0.25, 0.3) is 22.9 Å². The van der Waals surface area contributed by atoms with Crippen LogP contribution in [0.1, 0.15) is 12.5 Å². The van der Waals surface area contributed by atoms with E-state index in [4.69, 9.17) is 10.3 Å². The Kier molecular flexibility index (Phi) is 5.84. The minimum atomic E-state index is -1.92. The number of nitrogens with zero attached hydrogens (tertiary/aromatic N) is 5. The first kappa shape index (κ1) is 22.0. The molecule has 1 aromatic carbocycles. The molecule has 12 heteroatoms. The van der Waals surface area contributed by atoms with Crippen LogP contribution in [0.5, 0.6) is 0 Å². The Hall–Kier alpha value is -4.19. The number of benzene rings is 1. The predicted molar refractivity (Wildman–Crippen MR) is 113 cm³/mol. The maximum absolute atomic E-state index is 14.2. The Morgan fingerprint density at radius 2 is 2.03 bits per heavy atom. The lowest BCUT2D eigenvalue weighted by molar-refractivity contribution is -0.133. The Morgan fingerprint density at radius 3 is 2.73 bits per heavy atom. The summed E-state index contributed by atoms with van der Waals surface area (Å²) in [5, 5.41) is 20.9. The Balaban J connectivity index is 1.69. The second kappa shape index (κ2) is 8.74. The molecular formula is C21H19F2N7O3. The van der Waals surface area contributed by atoms with Crippen LogP contribution >= 0.6 is 0 Å². The van der Waals surface area contributed by atoms with Gasteiger partial charge < -0.3 is 20.7 Å². The number of hydrogen-bond donors (Lipinski definition) is 3. The van der Waals surface area contributed by atoms with E-state index in [2.05, 4.69) is 25.5 Å². The third kappa shape index (κ3) is 4.70. The van der Waals surface area contributed by atoms with Crippen LogP contribution < -0.4 is 11.1 Å². The first-order valence-corrected chi connectivity index (χ1v) is 9.75. The average molecular weight is 455 g/mol. The number of carbonyl (C=O) groups is 1. The highest BCUT2D eigenvalue weighted by atomic mass is 19.1. The van der Waals surface area contributed by atoms with E-state index in [9.17, 15) is 18.7 Å². The smallest absolute Gasteiger partial charge is 0.250 e. The fraction of sp³-hybridized carbons (Fsp3) is 0.190. The first-order chi connectivity index (χ1) is 15.7. The van der Waals surface area contributed by atoms with Gasteiger partial charge >= 0.3 is 0 Å². The lowest BCUT2D eigenvalue weighted by Gasteiger charge is -2.20. The number of primary amides is 1. The van der Waals surface area contributed by atoms with E-state index in [-0.39, 0.29) is 30.4 Å². The second-order valence-electron chi connectivity index (χ2n) is 7.43. The van der Waals surface area contributed by atoms with Gasteiger partial charge in [0.2, 0.25) is 0 Å². The maximum atomic E-state index is 14.2. The summed E-state index contributed by atoms with van der Waals surface area (Å²) in [5.41, 5.74) is 4.81. The molecule has 0 bridgehead atoms. The van der Waals surface area contributed by atoms with Gasteiger partial charge in [0, 0.05) is 11.6 Å². The Morgan fingerprint density at radius 1 is 1.24 bits per heavy atom. The van der Waals surface area contributed by atoms with Crippen molar-refractivity contribution in [3.63, 3.8) is 0 Å². The number of anilines is 1. The number of aliphatic hydroxyl groups is 1. The van der Waals surface area contributed by atoms with Crippen LogP contribution in [-0.4, -0.2) is 48.1 Å². The van der Waals surface area contributed by atoms with Gasteiger partial charge in [-0.15, -0.1) is 0 Å². The molecule has 0 fully saturated rings. The van der Waals surface area contributed by atoms with Crippen molar-refractivity contribution in [1.29, 1.82) is 0 Å². The molecule has 1 atom stereocenters. The highest BCUT2D eigenvalue weighted by Crippen LogP contribution is 2.26. The number of nitrogens with two attached hydrogens (primary N) is 1. The summed E-state index contributed by atoms with van der Waals surface area (Å²) in [6.07, 6.45) is 2.31. The molecule has 4 rings (SSSR count). The van der Waals surface area contributed by atoms with Crippen molar-refractivity contribution >= 4 is 11.7 Å². The van der Waals surface area contributed by atoms with Crippen LogP contribution in [0.15, 0.2) is 53.4 Å². The molecule has 170 valence electrons. The SMILES string of the molecule is CC(O)(CNc1nc(-c2cc(-c3ccon3)n(Cc3ccccc3F)n2)ncc1F)C(N)=O. The molecule has 0 saturated carbocycles. The van der Waals surface area contributed by atoms with Gasteiger partial charge in [-0.25, -0.2) is 18.7 Å². The third-order valence-electron chi connectivity index (χ3n) is 4.86. The van der Waals surface area contributed by atoms with Crippen LogP contribution in [0, 0.1) is 11.6 Å². The number of halogens is 2. The van der Waals surface area contributed by atoms with Gasteiger partial charge in [0.1, 0.15) is 23.5 Å². The summed E-state index contributed by atoms with van der Waals surface area (Å²) < 4.78 is 34.9. The van der Waals surface area contributed by atoms with Crippen LogP contribution in [0.2, 0.25) is 0 Å². The fourth-order valence-electron chi connectivity index (χ4n) is 2.94. The molecule has 4 aromatic rings. The highest BCUT2D eigenvalue weighted by molar-refractivity contribution is 5.83. The minimum absolute atomic E-state index is 0.0506. The minimum Gasteiger partial charge on any atom is -0.378 e. The van der Waals surface area contributed by atoms with E-state index >= 15 is 0 Å². The summed E-state index contributed by atoms with van der Waals surface area (Å²) >= 11 is 0. The second-order valence-corrected chi connectivity index (χ2v) is 7.43. The fourth-order valence-corrected chi connectivity index (χ4v) is 2.94. The van der Waals surface area contributed by atoms with Gasteiger partial charge in [0.25, 0.3) is 5.91 Å². The zero-order valence-electron chi connectivity index (χ0n) is 17.4. The van der Waals surface area contributed by atoms with Crippen molar-refractivity contribution in [2.45, 2.75) is 19.1 Å². The van der Waals surface area contributed by atoms with Gasteiger partial charge in [-0.05, 0) is 19.1 Å². The van der Waals surface area contributed by atoms with E-state index in [0.29, 0.717) is 17.0 Å². The predicted octanol–water partition coefficient (Wildman–Crippen LogP) is 1.97. The van der Waals surface area contributed by atoms with Crippen LogP contribution in [0.3, 0.4) is 0 Å². The molecule has 0 aliphatic carbocycles.